The number of benzene rings is 10. The lowest BCUT2D eigenvalue weighted by molar-refractivity contribution is 0.668. The summed E-state index contributed by atoms with van der Waals surface area (Å²) in [4.78, 5) is 2.33. The lowest BCUT2D eigenvalue weighted by Crippen LogP contribution is -2.11. The van der Waals surface area contributed by atoms with Gasteiger partial charge in [-0.1, -0.05) is 158 Å². The molecule has 0 saturated carbocycles. The van der Waals surface area contributed by atoms with Crippen LogP contribution in [0, 0.1) is 0 Å². The normalized spacial score (nSPS) is 11.9. The lowest BCUT2D eigenvalue weighted by Gasteiger charge is -2.28. The molecule has 3 aromatic heterocycles. The highest BCUT2D eigenvalue weighted by Gasteiger charge is 2.25. The Labute approximate surface area is 356 Å². The van der Waals surface area contributed by atoms with Gasteiger partial charge in [0.2, 0.25) is 0 Å². The van der Waals surface area contributed by atoms with Gasteiger partial charge >= 0.3 is 0 Å². The Kier molecular flexibility index (Phi) is 7.57. The Morgan fingerprint density at radius 2 is 0.806 bits per heavy atom. The second-order valence-electron chi connectivity index (χ2n) is 16.0. The Bertz CT molecular complexity index is 3850. The molecule has 0 aliphatic heterocycles. The minimum absolute atomic E-state index is 0.810. The fraction of sp³-hybridized carbons (Fsp3) is 0. The van der Waals surface area contributed by atoms with Gasteiger partial charge in [0.25, 0.3) is 0 Å². The first-order chi connectivity index (χ1) is 30.7. The van der Waals surface area contributed by atoms with E-state index in [0.29, 0.717) is 0 Å². The molecule has 0 amide bonds. The van der Waals surface area contributed by atoms with E-state index in [1.54, 1.807) is 0 Å². The van der Waals surface area contributed by atoms with Gasteiger partial charge in [0.15, 0.2) is 5.58 Å². The van der Waals surface area contributed by atoms with Gasteiger partial charge in [-0.2, -0.15) is 0 Å². The molecule has 0 aliphatic rings. The van der Waals surface area contributed by atoms with Gasteiger partial charge in [-0.15, -0.1) is 0 Å². The van der Waals surface area contributed by atoms with E-state index in [1.165, 1.54) is 10.9 Å². The summed E-state index contributed by atoms with van der Waals surface area (Å²) in [6.45, 7) is 0. The predicted octanol–water partition coefficient (Wildman–Crippen LogP) is 17.0. The summed E-state index contributed by atoms with van der Waals surface area (Å²) in [7, 11) is 0. The van der Waals surface area contributed by atoms with Crippen molar-refractivity contribution < 1.29 is 13.3 Å². The molecule has 0 spiro atoms. The zero-order valence-corrected chi connectivity index (χ0v) is 33.4. The first-order valence-electron chi connectivity index (χ1n) is 21.0. The lowest BCUT2D eigenvalue weighted by atomic mass is 9.95. The molecule has 0 unspecified atom stereocenters. The Balaban J connectivity index is 1.06. The van der Waals surface area contributed by atoms with Crippen molar-refractivity contribution >= 4 is 93.7 Å². The van der Waals surface area contributed by atoms with Gasteiger partial charge in [-0.25, -0.2) is 0 Å². The number of nitrogens with zero attached hydrogens (tertiary/aromatic N) is 1. The average molecular weight is 794 g/mol. The topological polar surface area (TPSA) is 42.7 Å². The Morgan fingerprint density at radius 3 is 1.55 bits per heavy atom. The zero-order valence-electron chi connectivity index (χ0n) is 33.4. The molecule has 0 atom stereocenters. The average Bonchev–Trinajstić information content (AvgIpc) is 4.02. The van der Waals surface area contributed by atoms with Crippen LogP contribution in [0.15, 0.2) is 226 Å². The third kappa shape index (κ3) is 5.40. The van der Waals surface area contributed by atoms with Crippen LogP contribution in [0.2, 0.25) is 0 Å². The maximum atomic E-state index is 6.81. The van der Waals surface area contributed by atoms with E-state index >= 15 is 0 Å². The van der Waals surface area contributed by atoms with Crippen LogP contribution in [0.3, 0.4) is 0 Å². The van der Waals surface area contributed by atoms with Crippen LogP contribution >= 0.6 is 0 Å². The van der Waals surface area contributed by atoms with Crippen molar-refractivity contribution in [1.82, 2.24) is 0 Å². The maximum Gasteiger partial charge on any atom is 0.159 e. The summed E-state index contributed by atoms with van der Waals surface area (Å²) in [5, 5.41) is 8.84. The van der Waals surface area contributed by atoms with Crippen LogP contribution in [0.4, 0.5) is 17.1 Å². The monoisotopic (exact) mass is 793 g/mol. The van der Waals surface area contributed by atoms with Gasteiger partial charge in [-0.05, 0) is 81.6 Å². The molecule has 0 bridgehead atoms. The van der Waals surface area contributed by atoms with Crippen molar-refractivity contribution in [2.24, 2.45) is 0 Å². The van der Waals surface area contributed by atoms with E-state index in [0.717, 1.165) is 116 Å². The molecule has 13 rings (SSSR count). The molecule has 0 radical (unpaired) electrons. The van der Waals surface area contributed by atoms with Gasteiger partial charge < -0.3 is 18.2 Å². The molecular formula is C58H35NO3. The summed E-state index contributed by atoms with van der Waals surface area (Å²) >= 11 is 0. The minimum atomic E-state index is 0.810. The van der Waals surface area contributed by atoms with E-state index < -0.39 is 0 Å². The van der Waals surface area contributed by atoms with Crippen molar-refractivity contribution in [1.29, 1.82) is 0 Å². The minimum Gasteiger partial charge on any atom is -0.456 e. The van der Waals surface area contributed by atoms with Crippen molar-refractivity contribution in [3.8, 4) is 33.4 Å². The molecular weight excluding hydrogens is 759 g/mol. The summed E-state index contributed by atoms with van der Waals surface area (Å²) < 4.78 is 20.1. The molecule has 62 heavy (non-hydrogen) atoms. The molecule has 4 nitrogen and oxygen atoms in total. The van der Waals surface area contributed by atoms with Gasteiger partial charge in [-0.3, -0.25) is 0 Å². The number of fused-ring (bicyclic) bond motifs is 10. The molecule has 3 heterocycles. The first-order valence-corrected chi connectivity index (χ1v) is 21.0. The van der Waals surface area contributed by atoms with Gasteiger partial charge in [0.05, 0.1) is 11.4 Å². The van der Waals surface area contributed by atoms with Crippen LogP contribution in [-0.2, 0) is 0 Å². The molecule has 10 aromatic carbocycles. The highest BCUT2D eigenvalue weighted by molar-refractivity contribution is 6.15. The smallest absolute Gasteiger partial charge is 0.159 e. The number of anilines is 3. The third-order valence-corrected chi connectivity index (χ3v) is 12.5. The van der Waals surface area contributed by atoms with E-state index in [2.05, 4.69) is 193 Å². The van der Waals surface area contributed by atoms with Crippen LogP contribution in [0.25, 0.3) is 110 Å². The van der Waals surface area contributed by atoms with Crippen LogP contribution < -0.4 is 4.90 Å². The number of furan rings is 3. The van der Waals surface area contributed by atoms with Crippen LogP contribution in [0.5, 0.6) is 0 Å². The second-order valence-corrected chi connectivity index (χ2v) is 16.0. The fourth-order valence-corrected chi connectivity index (χ4v) is 9.47. The predicted molar refractivity (Wildman–Crippen MR) is 257 cm³/mol. The van der Waals surface area contributed by atoms with Crippen molar-refractivity contribution in [3.05, 3.63) is 212 Å². The summed E-state index contributed by atoms with van der Waals surface area (Å²) in [5.41, 5.74) is 14.6. The molecule has 13 aromatic rings. The first kappa shape index (κ1) is 34.5. The zero-order chi connectivity index (χ0) is 40.7. The van der Waals surface area contributed by atoms with Crippen molar-refractivity contribution in [3.63, 3.8) is 0 Å². The van der Waals surface area contributed by atoms with E-state index in [1.807, 2.05) is 24.3 Å². The van der Waals surface area contributed by atoms with Crippen molar-refractivity contribution in [2.75, 3.05) is 4.90 Å². The standard InChI is InChI=1S/C58H35NO3/c1-2-12-36(13-3-1)37-28-30-42(31-29-37)59(51-21-11-20-47-45-17-7-9-23-54(45)62-58(47)51)52-35-56-50(49-32-40-14-4-5-15-41(40)33-55(49)60-56)34-48(52)39-26-24-38(25-27-39)43-18-10-19-46-44-16-6-8-22-53(44)61-57(43)46/h1-35H. The van der Waals surface area contributed by atoms with Gasteiger partial charge in [0.1, 0.15) is 27.9 Å². The third-order valence-electron chi connectivity index (χ3n) is 12.5. The van der Waals surface area contributed by atoms with Crippen LogP contribution in [-0.4, -0.2) is 0 Å². The molecule has 0 aliphatic carbocycles. The highest BCUT2D eigenvalue weighted by atomic mass is 16.3. The number of para-hydroxylation sites is 4. The number of hydrogen-bond acceptors (Lipinski definition) is 4. The maximum absolute atomic E-state index is 6.81. The molecule has 4 heteroatoms. The van der Waals surface area contributed by atoms with E-state index in [9.17, 15) is 0 Å². The molecule has 0 N–H and O–H groups in total. The SMILES string of the molecule is c1ccc(-c2ccc(N(c3cc4oc5cc6ccccc6cc5c4cc3-c3ccc(-c4cccc5c4oc4ccccc45)cc3)c3cccc4c3oc3ccccc34)cc2)cc1. The van der Waals surface area contributed by atoms with E-state index in [-0.39, 0.29) is 0 Å². The Morgan fingerprint density at radius 1 is 0.274 bits per heavy atom. The fourth-order valence-electron chi connectivity index (χ4n) is 9.47. The number of hydrogen-bond donors (Lipinski definition) is 0. The number of rotatable bonds is 6. The van der Waals surface area contributed by atoms with Crippen LogP contribution in [0.1, 0.15) is 0 Å². The van der Waals surface area contributed by atoms with Crippen molar-refractivity contribution in [2.45, 2.75) is 0 Å². The second kappa shape index (κ2) is 13.6. The van der Waals surface area contributed by atoms with E-state index in [4.69, 9.17) is 13.3 Å². The molecule has 290 valence electrons. The summed E-state index contributed by atoms with van der Waals surface area (Å²) in [6.07, 6.45) is 0. The quantitative estimate of drug-likeness (QED) is 0.168. The molecule has 0 fully saturated rings. The molecule has 0 saturated heterocycles. The summed E-state index contributed by atoms with van der Waals surface area (Å²) in [5.74, 6) is 0. The van der Waals surface area contributed by atoms with Gasteiger partial charge in [0, 0.05) is 55.2 Å². The highest BCUT2D eigenvalue weighted by Crippen LogP contribution is 2.48. The largest absolute Gasteiger partial charge is 0.456 e. The summed E-state index contributed by atoms with van der Waals surface area (Å²) in [6, 6.07) is 75.0. The Hall–Kier alpha value is -8.34.